The molecule has 0 aromatic heterocycles. The van der Waals surface area contributed by atoms with Crippen molar-refractivity contribution in [3.05, 3.63) is 35.9 Å². The van der Waals surface area contributed by atoms with Gasteiger partial charge in [0.1, 0.15) is 5.75 Å². The number of nitrogens with zero attached hydrogens (tertiary/aromatic N) is 1. The van der Waals surface area contributed by atoms with Crippen LogP contribution in [0.25, 0.3) is 5.57 Å². The summed E-state index contributed by atoms with van der Waals surface area (Å²) in [6.45, 7) is 8.57. The minimum atomic E-state index is 0.226. The van der Waals surface area contributed by atoms with Crippen molar-refractivity contribution in [1.29, 1.82) is 0 Å². The molecule has 1 aromatic carbocycles. The summed E-state index contributed by atoms with van der Waals surface area (Å²) in [5.74, 6) is 1.55. The first kappa shape index (κ1) is 13.2. The van der Waals surface area contributed by atoms with Gasteiger partial charge in [-0.25, -0.2) is 0 Å². The molecule has 0 bridgehead atoms. The van der Waals surface area contributed by atoms with Gasteiger partial charge in [0.25, 0.3) is 0 Å². The molecular weight excluding hydrogens is 222 g/mol. The summed E-state index contributed by atoms with van der Waals surface area (Å²) in [7, 11) is 2.17. The van der Waals surface area contributed by atoms with Gasteiger partial charge in [0.05, 0.1) is 6.10 Å². The van der Waals surface area contributed by atoms with Crippen LogP contribution < -0.4 is 4.74 Å². The minimum Gasteiger partial charge on any atom is -0.491 e. The zero-order valence-electron chi connectivity index (χ0n) is 11.8. The SMILES string of the molecule is CC(C)Oc1cccc(C2=CCN(C)C[C@H]2C)c1. The lowest BCUT2D eigenvalue weighted by Crippen LogP contribution is -2.29. The maximum Gasteiger partial charge on any atom is 0.120 e. The van der Waals surface area contributed by atoms with E-state index < -0.39 is 0 Å². The molecule has 1 atom stereocenters. The summed E-state index contributed by atoms with van der Waals surface area (Å²) >= 11 is 0. The second-order valence-corrected chi connectivity index (χ2v) is 5.48. The molecule has 0 N–H and O–H groups in total. The fourth-order valence-corrected chi connectivity index (χ4v) is 2.52. The summed E-state index contributed by atoms with van der Waals surface area (Å²) < 4.78 is 5.76. The minimum absolute atomic E-state index is 0.226. The third-order valence-corrected chi connectivity index (χ3v) is 3.28. The van der Waals surface area contributed by atoms with Gasteiger partial charge < -0.3 is 9.64 Å². The Bertz CT molecular complexity index is 436. The zero-order valence-corrected chi connectivity index (χ0v) is 11.8. The molecule has 0 saturated heterocycles. The molecule has 0 spiro atoms. The van der Waals surface area contributed by atoms with Crippen molar-refractivity contribution >= 4 is 5.57 Å². The van der Waals surface area contributed by atoms with Gasteiger partial charge >= 0.3 is 0 Å². The second kappa shape index (κ2) is 5.57. The highest BCUT2D eigenvalue weighted by molar-refractivity contribution is 5.69. The highest BCUT2D eigenvalue weighted by Gasteiger charge is 2.17. The molecule has 1 aliphatic rings. The third-order valence-electron chi connectivity index (χ3n) is 3.28. The molecule has 0 fully saturated rings. The van der Waals surface area contributed by atoms with Gasteiger partial charge in [-0.15, -0.1) is 0 Å². The third kappa shape index (κ3) is 3.14. The predicted molar refractivity (Wildman–Crippen MR) is 76.8 cm³/mol. The molecule has 0 radical (unpaired) electrons. The Labute approximate surface area is 110 Å². The number of ether oxygens (including phenoxy) is 1. The van der Waals surface area contributed by atoms with Crippen LogP contribution in [-0.4, -0.2) is 31.1 Å². The van der Waals surface area contributed by atoms with Gasteiger partial charge in [0, 0.05) is 13.1 Å². The van der Waals surface area contributed by atoms with E-state index in [0.717, 1.165) is 18.8 Å². The van der Waals surface area contributed by atoms with E-state index >= 15 is 0 Å². The quantitative estimate of drug-likeness (QED) is 0.809. The molecule has 0 aliphatic carbocycles. The van der Waals surface area contributed by atoms with Crippen LogP contribution in [0.15, 0.2) is 30.3 Å². The first-order chi connectivity index (χ1) is 8.56. The zero-order chi connectivity index (χ0) is 13.1. The largest absolute Gasteiger partial charge is 0.491 e. The Morgan fingerprint density at radius 2 is 2.11 bits per heavy atom. The van der Waals surface area contributed by atoms with Crippen LogP contribution in [0.4, 0.5) is 0 Å². The fraction of sp³-hybridized carbons (Fsp3) is 0.500. The fourth-order valence-electron chi connectivity index (χ4n) is 2.52. The van der Waals surface area contributed by atoms with E-state index in [1.54, 1.807) is 0 Å². The number of hydrogen-bond donors (Lipinski definition) is 0. The molecule has 1 aliphatic heterocycles. The van der Waals surface area contributed by atoms with Crippen LogP contribution in [-0.2, 0) is 0 Å². The summed E-state index contributed by atoms with van der Waals surface area (Å²) in [6.07, 6.45) is 2.56. The van der Waals surface area contributed by atoms with E-state index in [1.165, 1.54) is 11.1 Å². The molecule has 1 aromatic rings. The monoisotopic (exact) mass is 245 g/mol. The molecule has 2 heteroatoms. The first-order valence-electron chi connectivity index (χ1n) is 6.72. The predicted octanol–water partition coefficient (Wildman–Crippen LogP) is 3.44. The molecular formula is C16H23NO. The number of hydrogen-bond acceptors (Lipinski definition) is 2. The standard InChI is InChI=1S/C16H23NO/c1-12(2)18-15-7-5-6-14(10-15)16-8-9-17(4)11-13(16)3/h5-8,10,12-13H,9,11H2,1-4H3/t13-/m1/s1. The summed E-state index contributed by atoms with van der Waals surface area (Å²) in [4.78, 5) is 2.35. The van der Waals surface area contributed by atoms with Crippen molar-refractivity contribution in [2.45, 2.75) is 26.9 Å². The van der Waals surface area contributed by atoms with Crippen molar-refractivity contribution in [2.75, 3.05) is 20.1 Å². The Kier molecular flexibility index (Phi) is 4.07. The van der Waals surface area contributed by atoms with E-state index in [4.69, 9.17) is 4.74 Å². The number of rotatable bonds is 3. The maximum absolute atomic E-state index is 5.76. The van der Waals surface area contributed by atoms with E-state index in [0.29, 0.717) is 5.92 Å². The normalized spacial score (nSPS) is 20.9. The van der Waals surface area contributed by atoms with Gasteiger partial charge in [-0.1, -0.05) is 25.1 Å². The lowest BCUT2D eigenvalue weighted by molar-refractivity contribution is 0.242. The smallest absolute Gasteiger partial charge is 0.120 e. The van der Waals surface area contributed by atoms with Crippen molar-refractivity contribution < 1.29 is 4.74 Å². The first-order valence-corrected chi connectivity index (χ1v) is 6.72. The van der Waals surface area contributed by atoms with Crippen LogP contribution in [0.2, 0.25) is 0 Å². The Hall–Kier alpha value is -1.28. The van der Waals surface area contributed by atoms with Gasteiger partial charge in [-0.3, -0.25) is 0 Å². The average Bonchev–Trinajstić information content (AvgIpc) is 2.28. The van der Waals surface area contributed by atoms with Crippen molar-refractivity contribution in [1.82, 2.24) is 4.90 Å². The molecule has 0 amide bonds. The van der Waals surface area contributed by atoms with Crippen LogP contribution in [0.5, 0.6) is 5.75 Å². The highest BCUT2D eigenvalue weighted by Crippen LogP contribution is 2.29. The lowest BCUT2D eigenvalue weighted by Gasteiger charge is -2.28. The van der Waals surface area contributed by atoms with Crippen LogP contribution in [0.3, 0.4) is 0 Å². The van der Waals surface area contributed by atoms with Crippen LogP contribution >= 0.6 is 0 Å². The van der Waals surface area contributed by atoms with Crippen molar-refractivity contribution in [3.63, 3.8) is 0 Å². The molecule has 98 valence electrons. The van der Waals surface area contributed by atoms with E-state index in [1.807, 2.05) is 6.07 Å². The van der Waals surface area contributed by atoms with Crippen molar-refractivity contribution in [2.24, 2.45) is 5.92 Å². The molecule has 2 nitrogen and oxygen atoms in total. The van der Waals surface area contributed by atoms with Gasteiger partial charge in [0.15, 0.2) is 0 Å². The Morgan fingerprint density at radius 3 is 2.78 bits per heavy atom. The summed E-state index contributed by atoms with van der Waals surface area (Å²) in [6, 6.07) is 8.46. The Morgan fingerprint density at radius 1 is 1.33 bits per heavy atom. The molecule has 0 saturated carbocycles. The maximum atomic E-state index is 5.76. The average molecular weight is 245 g/mol. The molecule has 2 rings (SSSR count). The number of likely N-dealkylation sites (N-methyl/N-ethyl adjacent to an activating group) is 1. The summed E-state index contributed by atoms with van der Waals surface area (Å²) in [5.41, 5.74) is 2.75. The van der Waals surface area contributed by atoms with Crippen molar-refractivity contribution in [3.8, 4) is 5.75 Å². The molecule has 0 unspecified atom stereocenters. The van der Waals surface area contributed by atoms with E-state index in [2.05, 4.69) is 57.0 Å². The van der Waals surface area contributed by atoms with Gasteiger partial charge in [0.2, 0.25) is 0 Å². The van der Waals surface area contributed by atoms with E-state index in [9.17, 15) is 0 Å². The molecule has 18 heavy (non-hydrogen) atoms. The van der Waals surface area contributed by atoms with Gasteiger partial charge in [-0.2, -0.15) is 0 Å². The summed E-state index contributed by atoms with van der Waals surface area (Å²) in [5, 5.41) is 0. The number of benzene rings is 1. The second-order valence-electron chi connectivity index (χ2n) is 5.48. The van der Waals surface area contributed by atoms with Crippen LogP contribution in [0, 0.1) is 5.92 Å². The topological polar surface area (TPSA) is 12.5 Å². The van der Waals surface area contributed by atoms with E-state index in [-0.39, 0.29) is 6.10 Å². The van der Waals surface area contributed by atoms with Gasteiger partial charge in [-0.05, 0) is 50.1 Å². The van der Waals surface area contributed by atoms with Crippen LogP contribution in [0.1, 0.15) is 26.3 Å². The Balaban J connectivity index is 2.23. The highest BCUT2D eigenvalue weighted by atomic mass is 16.5. The molecule has 1 heterocycles. The lowest BCUT2D eigenvalue weighted by atomic mass is 9.90.